The van der Waals surface area contributed by atoms with Crippen molar-refractivity contribution in [1.82, 2.24) is 10.2 Å². The first-order chi connectivity index (χ1) is 12.2. The van der Waals surface area contributed by atoms with Gasteiger partial charge in [0.05, 0.1) is 11.6 Å². The van der Waals surface area contributed by atoms with E-state index >= 15 is 0 Å². The van der Waals surface area contributed by atoms with E-state index in [9.17, 15) is 0 Å². The maximum atomic E-state index is 8.96. The number of nitrogens with one attached hydrogen (secondary N) is 1. The van der Waals surface area contributed by atoms with E-state index in [-0.39, 0.29) is 0 Å². The molecule has 1 saturated heterocycles. The van der Waals surface area contributed by atoms with Crippen molar-refractivity contribution in [2.24, 2.45) is 0 Å². The maximum absolute atomic E-state index is 8.96. The van der Waals surface area contributed by atoms with Gasteiger partial charge in [0.25, 0.3) is 0 Å². The number of nitriles is 1. The molecule has 1 fully saturated rings. The largest absolute Gasteiger partial charge is 0.489 e. The minimum Gasteiger partial charge on any atom is -0.489 e. The number of benzene rings is 2. The zero-order chi connectivity index (χ0) is 17.5. The fraction of sp³-hybridized carbons (Fsp3) is 0.381. The van der Waals surface area contributed by atoms with Crippen molar-refractivity contribution in [3.05, 3.63) is 65.2 Å². The summed E-state index contributed by atoms with van der Waals surface area (Å²) in [5.74, 6) is 0.866. The number of hydrogen-bond acceptors (Lipinski definition) is 4. The van der Waals surface area contributed by atoms with Crippen molar-refractivity contribution in [1.29, 1.82) is 5.26 Å². The molecule has 0 bridgehead atoms. The number of ether oxygens (including phenoxy) is 1. The second-order valence-electron chi connectivity index (χ2n) is 6.71. The van der Waals surface area contributed by atoms with Crippen LogP contribution in [-0.4, -0.2) is 31.1 Å². The summed E-state index contributed by atoms with van der Waals surface area (Å²) in [6.45, 7) is 3.68. The summed E-state index contributed by atoms with van der Waals surface area (Å²) in [5, 5.41) is 12.6. The molecular weight excluding hydrogens is 310 g/mol. The second-order valence-corrected chi connectivity index (χ2v) is 6.71. The monoisotopic (exact) mass is 335 g/mol. The molecule has 0 aliphatic carbocycles. The number of piperidine rings is 1. The lowest BCUT2D eigenvalue weighted by Gasteiger charge is -2.29. The molecule has 2 aromatic carbocycles. The molecule has 0 atom stereocenters. The molecule has 25 heavy (non-hydrogen) atoms. The minimum absolute atomic E-state index is 0.474. The van der Waals surface area contributed by atoms with E-state index in [4.69, 9.17) is 10.00 Å². The average molecular weight is 335 g/mol. The number of nitrogens with zero attached hydrogens (tertiary/aromatic N) is 2. The van der Waals surface area contributed by atoms with Gasteiger partial charge in [-0.1, -0.05) is 24.3 Å². The zero-order valence-corrected chi connectivity index (χ0v) is 14.7. The summed E-state index contributed by atoms with van der Waals surface area (Å²) in [4.78, 5) is 2.38. The Kier molecular flexibility index (Phi) is 6.05. The molecule has 0 radical (unpaired) electrons. The Hall–Kier alpha value is -2.35. The van der Waals surface area contributed by atoms with Gasteiger partial charge in [-0.3, -0.25) is 0 Å². The van der Waals surface area contributed by atoms with Crippen LogP contribution in [0.25, 0.3) is 0 Å². The van der Waals surface area contributed by atoms with Crippen molar-refractivity contribution in [3.8, 4) is 11.8 Å². The molecule has 0 saturated carbocycles. The van der Waals surface area contributed by atoms with Crippen molar-refractivity contribution < 1.29 is 4.74 Å². The lowest BCUT2D eigenvalue weighted by atomic mass is 10.1. The molecule has 3 rings (SSSR count). The van der Waals surface area contributed by atoms with Gasteiger partial charge in [0.1, 0.15) is 12.4 Å². The van der Waals surface area contributed by atoms with Crippen LogP contribution in [-0.2, 0) is 13.2 Å². The highest BCUT2D eigenvalue weighted by Crippen LogP contribution is 2.17. The highest BCUT2D eigenvalue weighted by molar-refractivity contribution is 5.33. The van der Waals surface area contributed by atoms with Crippen LogP contribution < -0.4 is 10.1 Å². The van der Waals surface area contributed by atoms with Gasteiger partial charge in [0, 0.05) is 12.6 Å². The van der Waals surface area contributed by atoms with Gasteiger partial charge in [0.15, 0.2) is 0 Å². The van der Waals surface area contributed by atoms with Crippen LogP contribution in [0.5, 0.6) is 5.75 Å². The first kappa shape index (κ1) is 17.5. The molecule has 130 valence electrons. The van der Waals surface area contributed by atoms with E-state index in [0.717, 1.165) is 17.9 Å². The molecule has 1 heterocycles. The number of hydrogen-bond donors (Lipinski definition) is 1. The quantitative estimate of drug-likeness (QED) is 0.880. The molecule has 2 aromatic rings. The lowest BCUT2D eigenvalue weighted by molar-refractivity contribution is 0.234. The summed E-state index contributed by atoms with van der Waals surface area (Å²) in [7, 11) is 2.18. The molecule has 0 unspecified atom stereocenters. The van der Waals surface area contributed by atoms with Gasteiger partial charge in [-0.05, 0) is 68.4 Å². The van der Waals surface area contributed by atoms with E-state index in [0.29, 0.717) is 18.2 Å². The van der Waals surface area contributed by atoms with Gasteiger partial charge in [-0.25, -0.2) is 0 Å². The molecule has 4 nitrogen and oxygen atoms in total. The van der Waals surface area contributed by atoms with E-state index in [1.807, 2.05) is 30.3 Å². The first-order valence-corrected chi connectivity index (χ1v) is 8.85. The first-order valence-electron chi connectivity index (χ1n) is 8.85. The van der Waals surface area contributed by atoms with Crippen LogP contribution in [0, 0.1) is 11.3 Å². The lowest BCUT2D eigenvalue weighted by Crippen LogP contribution is -2.40. The van der Waals surface area contributed by atoms with Gasteiger partial charge >= 0.3 is 0 Å². The SMILES string of the molecule is CN1CCC(NCc2cccc(OCc3cccc(C#N)c3)c2)CC1. The Morgan fingerprint density at radius 1 is 1.12 bits per heavy atom. The molecule has 0 amide bonds. The average Bonchev–Trinajstić information content (AvgIpc) is 2.66. The predicted octanol–water partition coefficient (Wildman–Crippen LogP) is 3.32. The fourth-order valence-corrected chi connectivity index (χ4v) is 3.12. The van der Waals surface area contributed by atoms with E-state index in [1.54, 1.807) is 6.07 Å². The van der Waals surface area contributed by atoms with Crippen LogP contribution in [0.3, 0.4) is 0 Å². The van der Waals surface area contributed by atoms with Crippen LogP contribution in [0.4, 0.5) is 0 Å². The Morgan fingerprint density at radius 2 is 1.88 bits per heavy atom. The van der Waals surface area contributed by atoms with E-state index in [1.165, 1.54) is 31.5 Å². The molecule has 1 aliphatic rings. The Bertz CT molecular complexity index is 730. The van der Waals surface area contributed by atoms with Crippen molar-refractivity contribution in [3.63, 3.8) is 0 Å². The normalized spacial score (nSPS) is 15.7. The minimum atomic E-state index is 0.474. The molecule has 1 aliphatic heterocycles. The Balaban J connectivity index is 1.51. The van der Waals surface area contributed by atoms with Crippen LogP contribution in [0.1, 0.15) is 29.5 Å². The number of rotatable bonds is 6. The van der Waals surface area contributed by atoms with Crippen LogP contribution in [0.2, 0.25) is 0 Å². The van der Waals surface area contributed by atoms with Crippen molar-refractivity contribution in [2.45, 2.75) is 32.0 Å². The summed E-state index contributed by atoms with van der Waals surface area (Å²) < 4.78 is 5.89. The molecule has 0 aromatic heterocycles. The summed E-state index contributed by atoms with van der Waals surface area (Å²) in [6.07, 6.45) is 2.42. The Morgan fingerprint density at radius 3 is 2.68 bits per heavy atom. The molecular formula is C21H25N3O. The standard InChI is InChI=1S/C21H25N3O/c1-24-10-8-20(9-11-24)23-15-18-5-3-7-21(13-18)25-16-19-6-2-4-17(12-19)14-22/h2-7,12-13,20,23H,8-11,15-16H2,1H3. The second kappa shape index (κ2) is 8.66. The van der Waals surface area contributed by atoms with Gasteiger partial charge in [-0.2, -0.15) is 5.26 Å². The van der Waals surface area contributed by atoms with Gasteiger partial charge in [0.2, 0.25) is 0 Å². The zero-order valence-electron chi connectivity index (χ0n) is 14.7. The number of likely N-dealkylation sites (tertiary alicyclic amines) is 1. The van der Waals surface area contributed by atoms with E-state index in [2.05, 4.69) is 35.5 Å². The Labute approximate surface area is 150 Å². The van der Waals surface area contributed by atoms with Crippen LogP contribution >= 0.6 is 0 Å². The van der Waals surface area contributed by atoms with E-state index < -0.39 is 0 Å². The summed E-state index contributed by atoms with van der Waals surface area (Å²) in [6, 6.07) is 18.5. The van der Waals surface area contributed by atoms with Gasteiger partial charge in [-0.15, -0.1) is 0 Å². The molecule has 1 N–H and O–H groups in total. The predicted molar refractivity (Wildman–Crippen MR) is 99.3 cm³/mol. The third kappa shape index (κ3) is 5.32. The van der Waals surface area contributed by atoms with Gasteiger partial charge < -0.3 is 15.0 Å². The summed E-state index contributed by atoms with van der Waals surface area (Å²) in [5.41, 5.74) is 2.91. The smallest absolute Gasteiger partial charge is 0.120 e. The third-order valence-corrected chi connectivity index (χ3v) is 4.67. The fourth-order valence-electron chi connectivity index (χ4n) is 3.12. The highest BCUT2D eigenvalue weighted by atomic mass is 16.5. The van der Waals surface area contributed by atoms with Crippen molar-refractivity contribution in [2.75, 3.05) is 20.1 Å². The van der Waals surface area contributed by atoms with Crippen molar-refractivity contribution >= 4 is 0 Å². The highest BCUT2D eigenvalue weighted by Gasteiger charge is 2.15. The maximum Gasteiger partial charge on any atom is 0.120 e. The molecule has 0 spiro atoms. The summed E-state index contributed by atoms with van der Waals surface area (Å²) >= 11 is 0. The molecule has 4 heteroatoms. The third-order valence-electron chi connectivity index (χ3n) is 4.67. The van der Waals surface area contributed by atoms with Crippen LogP contribution in [0.15, 0.2) is 48.5 Å². The topological polar surface area (TPSA) is 48.3 Å².